The molecule has 0 bridgehead atoms. The first-order valence-electron chi connectivity index (χ1n) is 7.67. The van der Waals surface area contributed by atoms with Crippen LogP contribution < -0.4 is 10.6 Å². The zero-order valence-electron chi connectivity index (χ0n) is 13.2. The largest absolute Gasteiger partial charge is 0.370 e. The predicted molar refractivity (Wildman–Crippen MR) is 86.5 cm³/mol. The molecule has 0 spiro atoms. The lowest BCUT2D eigenvalue weighted by Gasteiger charge is -2.08. The third kappa shape index (κ3) is 4.47. The van der Waals surface area contributed by atoms with Crippen LogP contribution in [0.25, 0.3) is 0 Å². The molecular formula is C17H18F3N3O. The van der Waals surface area contributed by atoms with Crippen LogP contribution in [0.5, 0.6) is 0 Å². The highest BCUT2D eigenvalue weighted by atomic mass is 19.2. The van der Waals surface area contributed by atoms with Crippen LogP contribution in [0.15, 0.2) is 30.5 Å². The Kier molecular flexibility index (Phi) is 6.17. The van der Waals surface area contributed by atoms with Crippen LogP contribution >= 0.6 is 0 Å². The number of anilines is 2. The third-order valence-electron chi connectivity index (χ3n) is 3.40. The zero-order valence-corrected chi connectivity index (χ0v) is 13.2. The topological polar surface area (TPSA) is 54.0 Å². The molecule has 0 radical (unpaired) electrons. The lowest BCUT2D eigenvalue weighted by molar-refractivity contribution is 0.102. The predicted octanol–water partition coefficient (Wildman–Crippen LogP) is 4.35. The van der Waals surface area contributed by atoms with Gasteiger partial charge in [0.25, 0.3) is 5.91 Å². The number of aromatic nitrogens is 1. The molecule has 1 amide bonds. The van der Waals surface area contributed by atoms with Gasteiger partial charge in [0.1, 0.15) is 5.82 Å². The van der Waals surface area contributed by atoms with E-state index in [9.17, 15) is 18.0 Å². The van der Waals surface area contributed by atoms with Crippen molar-refractivity contribution in [2.75, 3.05) is 17.2 Å². The maximum Gasteiger partial charge on any atom is 0.257 e. The second-order valence-corrected chi connectivity index (χ2v) is 5.24. The summed E-state index contributed by atoms with van der Waals surface area (Å²) in [5.41, 5.74) is -0.251. The highest BCUT2D eigenvalue weighted by Crippen LogP contribution is 2.20. The molecule has 0 saturated carbocycles. The summed E-state index contributed by atoms with van der Waals surface area (Å²) in [6.07, 6.45) is 4.59. The molecule has 128 valence electrons. The molecule has 4 nitrogen and oxygen atoms in total. The molecule has 0 unspecified atom stereocenters. The summed E-state index contributed by atoms with van der Waals surface area (Å²) >= 11 is 0. The van der Waals surface area contributed by atoms with Gasteiger partial charge in [-0.05, 0) is 30.7 Å². The van der Waals surface area contributed by atoms with E-state index in [1.54, 1.807) is 6.07 Å². The van der Waals surface area contributed by atoms with Gasteiger partial charge in [-0.15, -0.1) is 0 Å². The fourth-order valence-electron chi connectivity index (χ4n) is 2.04. The Balaban J connectivity index is 1.99. The summed E-state index contributed by atoms with van der Waals surface area (Å²) in [7, 11) is 0. The first-order valence-corrected chi connectivity index (χ1v) is 7.67. The Hall–Kier alpha value is -2.57. The van der Waals surface area contributed by atoms with Gasteiger partial charge in [0.2, 0.25) is 0 Å². The minimum absolute atomic E-state index is 0.179. The number of nitrogens with one attached hydrogen (secondary N) is 2. The van der Waals surface area contributed by atoms with Gasteiger partial charge in [-0.2, -0.15) is 0 Å². The minimum atomic E-state index is -1.63. The summed E-state index contributed by atoms with van der Waals surface area (Å²) in [4.78, 5) is 16.1. The molecule has 24 heavy (non-hydrogen) atoms. The van der Waals surface area contributed by atoms with E-state index in [2.05, 4.69) is 22.5 Å². The van der Waals surface area contributed by atoms with E-state index in [-0.39, 0.29) is 5.56 Å². The number of benzene rings is 1. The highest BCUT2D eigenvalue weighted by molar-refractivity contribution is 6.04. The van der Waals surface area contributed by atoms with E-state index < -0.39 is 29.0 Å². The molecule has 1 heterocycles. The van der Waals surface area contributed by atoms with Crippen LogP contribution in [0, 0.1) is 17.5 Å². The van der Waals surface area contributed by atoms with E-state index in [0.717, 1.165) is 37.9 Å². The van der Waals surface area contributed by atoms with Crippen LogP contribution in [0.2, 0.25) is 0 Å². The van der Waals surface area contributed by atoms with Crippen molar-refractivity contribution >= 4 is 17.4 Å². The van der Waals surface area contributed by atoms with Gasteiger partial charge in [-0.3, -0.25) is 4.79 Å². The molecule has 0 saturated heterocycles. The van der Waals surface area contributed by atoms with Crippen molar-refractivity contribution in [3.8, 4) is 0 Å². The summed E-state index contributed by atoms with van der Waals surface area (Å²) < 4.78 is 39.6. The maximum absolute atomic E-state index is 13.5. The average molecular weight is 337 g/mol. The number of carbonyl (C=O) groups excluding carboxylic acids is 1. The fourth-order valence-corrected chi connectivity index (χ4v) is 2.04. The van der Waals surface area contributed by atoms with Gasteiger partial charge in [-0.25, -0.2) is 18.2 Å². The quantitative estimate of drug-likeness (QED) is 0.583. The molecule has 0 fully saturated rings. The van der Waals surface area contributed by atoms with Gasteiger partial charge in [0.05, 0.1) is 11.3 Å². The molecule has 2 N–H and O–H groups in total. The Bertz CT molecular complexity index is 705. The van der Waals surface area contributed by atoms with Crippen molar-refractivity contribution in [2.24, 2.45) is 0 Å². The van der Waals surface area contributed by atoms with Gasteiger partial charge in [0.15, 0.2) is 17.5 Å². The number of pyridine rings is 1. The number of nitrogens with zero attached hydrogens (tertiary/aromatic N) is 1. The highest BCUT2D eigenvalue weighted by Gasteiger charge is 2.16. The van der Waals surface area contributed by atoms with Crippen LogP contribution in [-0.4, -0.2) is 17.4 Å². The monoisotopic (exact) mass is 337 g/mol. The second-order valence-electron chi connectivity index (χ2n) is 5.24. The summed E-state index contributed by atoms with van der Waals surface area (Å²) in [5.74, 6) is -4.42. The molecule has 1 aromatic carbocycles. The van der Waals surface area contributed by atoms with Gasteiger partial charge in [0, 0.05) is 12.7 Å². The Morgan fingerprint density at radius 1 is 1.08 bits per heavy atom. The second kappa shape index (κ2) is 8.33. The third-order valence-corrected chi connectivity index (χ3v) is 3.40. The van der Waals surface area contributed by atoms with Gasteiger partial charge >= 0.3 is 0 Å². The number of rotatable bonds is 7. The van der Waals surface area contributed by atoms with E-state index in [0.29, 0.717) is 5.82 Å². The molecule has 2 aromatic rings. The molecular weight excluding hydrogens is 319 g/mol. The van der Waals surface area contributed by atoms with Gasteiger partial charge < -0.3 is 10.6 Å². The van der Waals surface area contributed by atoms with Crippen LogP contribution in [0.3, 0.4) is 0 Å². The van der Waals surface area contributed by atoms with Crippen molar-refractivity contribution in [2.45, 2.75) is 26.2 Å². The molecule has 7 heteroatoms. The van der Waals surface area contributed by atoms with E-state index in [1.807, 2.05) is 0 Å². The Labute approximate surface area is 138 Å². The number of hydrogen-bond donors (Lipinski definition) is 2. The molecule has 0 atom stereocenters. The summed E-state index contributed by atoms with van der Waals surface area (Å²) in [5, 5.41) is 5.32. The number of carbonyl (C=O) groups is 1. The lowest BCUT2D eigenvalue weighted by atomic mass is 10.2. The summed E-state index contributed by atoms with van der Waals surface area (Å²) in [6, 6.07) is 4.85. The average Bonchev–Trinajstić information content (AvgIpc) is 2.59. The Morgan fingerprint density at radius 3 is 2.54 bits per heavy atom. The van der Waals surface area contributed by atoms with Crippen molar-refractivity contribution in [3.63, 3.8) is 0 Å². The van der Waals surface area contributed by atoms with Crippen molar-refractivity contribution in [3.05, 3.63) is 53.5 Å². The molecule has 0 aliphatic rings. The zero-order chi connectivity index (χ0) is 17.5. The lowest BCUT2D eigenvalue weighted by Crippen LogP contribution is -2.14. The maximum atomic E-state index is 13.5. The smallest absolute Gasteiger partial charge is 0.257 e. The van der Waals surface area contributed by atoms with E-state index >= 15 is 0 Å². The number of hydrogen-bond acceptors (Lipinski definition) is 3. The minimum Gasteiger partial charge on any atom is -0.370 e. The van der Waals surface area contributed by atoms with E-state index in [1.165, 1.54) is 12.3 Å². The van der Waals surface area contributed by atoms with Crippen molar-refractivity contribution in [1.82, 2.24) is 4.98 Å². The molecule has 2 rings (SSSR count). The number of unbranched alkanes of at least 4 members (excludes halogenated alkanes) is 2. The standard InChI is InChI=1S/C17H18F3N3O/c1-2-3-4-9-21-14-8-5-11(10-22-14)17(24)23-13-7-6-12(18)15(19)16(13)20/h5-8,10H,2-4,9H2,1H3,(H,21,22)(H,23,24). The molecule has 1 aromatic heterocycles. The Morgan fingerprint density at radius 2 is 1.88 bits per heavy atom. The SMILES string of the molecule is CCCCCNc1ccc(C(=O)Nc2ccc(F)c(F)c2F)cn1. The van der Waals surface area contributed by atoms with Crippen LogP contribution in [0.4, 0.5) is 24.7 Å². The van der Waals surface area contributed by atoms with Gasteiger partial charge in [-0.1, -0.05) is 19.8 Å². The first-order chi connectivity index (χ1) is 11.5. The van der Waals surface area contributed by atoms with Crippen LogP contribution in [-0.2, 0) is 0 Å². The number of amides is 1. The first kappa shape index (κ1) is 17.8. The fraction of sp³-hybridized carbons (Fsp3) is 0.294. The summed E-state index contributed by atoms with van der Waals surface area (Å²) in [6.45, 7) is 2.90. The van der Waals surface area contributed by atoms with E-state index in [4.69, 9.17) is 0 Å². The van der Waals surface area contributed by atoms with Crippen molar-refractivity contribution < 1.29 is 18.0 Å². The number of halogens is 3. The van der Waals surface area contributed by atoms with Crippen LogP contribution in [0.1, 0.15) is 36.5 Å². The normalized spacial score (nSPS) is 10.5. The molecule has 0 aliphatic heterocycles. The molecule has 0 aliphatic carbocycles. The van der Waals surface area contributed by atoms with Crippen molar-refractivity contribution in [1.29, 1.82) is 0 Å².